The first-order valence-corrected chi connectivity index (χ1v) is 11.2. The fourth-order valence-electron chi connectivity index (χ4n) is 4.33. The second kappa shape index (κ2) is 9.58. The largest absolute Gasteiger partial charge is 0.416 e. The van der Waals surface area contributed by atoms with Crippen LogP contribution in [0, 0.1) is 5.82 Å². The third kappa shape index (κ3) is 5.18. The quantitative estimate of drug-likeness (QED) is 0.424. The minimum absolute atomic E-state index is 0.0224. The molecule has 1 fully saturated rings. The molecule has 186 valence electrons. The second-order valence-corrected chi connectivity index (χ2v) is 8.89. The lowest BCUT2D eigenvalue weighted by Gasteiger charge is -2.41. The van der Waals surface area contributed by atoms with Crippen LogP contribution in [-0.4, -0.2) is 32.6 Å². The molecule has 35 heavy (non-hydrogen) atoms. The number of aromatic nitrogens is 2. The van der Waals surface area contributed by atoms with Gasteiger partial charge >= 0.3 is 6.18 Å². The maximum absolute atomic E-state index is 14.3. The Hall–Kier alpha value is -2.98. The van der Waals surface area contributed by atoms with E-state index >= 15 is 0 Å². The minimum Gasteiger partial charge on any atom is -0.387 e. The van der Waals surface area contributed by atoms with Gasteiger partial charge in [0.05, 0.1) is 33.5 Å². The molecule has 0 saturated heterocycles. The molecular weight excluding hydrogens is 493 g/mol. The van der Waals surface area contributed by atoms with Crippen molar-refractivity contribution in [1.82, 2.24) is 15.1 Å². The molecule has 2 aromatic carbocycles. The predicted octanol–water partition coefficient (Wildman–Crippen LogP) is 5.80. The van der Waals surface area contributed by atoms with E-state index in [0.29, 0.717) is 0 Å². The molecule has 0 bridgehead atoms. The van der Waals surface area contributed by atoms with Crippen molar-refractivity contribution in [2.45, 2.75) is 49.7 Å². The van der Waals surface area contributed by atoms with E-state index in [2.05, 4.69) is 10.4 Å². The summed E-state index contributed by atoms with van der Waals surface area (Å²) in [7, 11) is 0. The van der Waals surface area contributed by atoms with Gasteiger partial charge in [-0.2, -0.15) is 18.3 Å². The van der Waals surface area contributed by atoms with Gasteiger partial charge < -0.3 is 10.4 Å². The fraction of sp³-hybridized carbons (Fsp3) is 0.333. The number of nitrogens with one attached hydrogen (secondary N) is 1. The third-order valence-electron chi connectivity index (χ3n) is 6.21. The molecule has 1 heterocycles. The SMILES string of the molecule is O=C(NC(c1cccc(F)c1Cl)C1(O)CCC(F)CC1)c1ccc(C(F)(F)F)cc1-n1cccn1. The molecular formula is C24H21ClF5N3O2. The lowest BCUT2D eigenvalue weighted by molar-refractivity contribution is -0.137. The molecule has 3 aromatic rings. The number of amides is 1. The van der Waals surface area contributed by atoms with E-state index in [0.717, 1.165) is 28.9 Å². The Kier molecular flexibility index (Phi) is 6.88. The van der Waals surface area contributed by atoms with Gasteiger partial charge in [-0.3, -0.25) is 4.79 Å². The van der Waals surface area contributed by atoms with Crippen molar-refractivity contribution in [3.8, 4) is 5.69 Å². The van der Waals surface area contributed by atoms with Gasteiger partial charge in [0.25, 0.3) is 5.91 Å². The van der Waals surface area contributed by atoms with Gasteiger partial charge in [-0.25, -0.2) is 13.5 Å². The summed E-state index contributed by atoms with van der Waals surface area (Å²) in [6.07, 6.45) is -3.09. The number of nitrogens with zero attached hydrogens (tertiary/aromatic N) is 2. The number of hydrogen-bond donors (Lipinski definition) is 2. The van der Waals surface area contributed by atoms with Crippen LogP contribution in [0.2, 0.25) is 5.02 Å². The standard InChI is InChI=1S/C24H21ClF5N3O2/c25-20-17(3-1-4-18(20)27)21(23(35)9-7-15(26)8-10-23)32-22(34)16-6-5-14(24(28,29)30)13-19(16)33-12-2-11-31-33/h1-6,11-13,15,21,35H,7-10H2,(H,32,34). The second-order valence-electron chi connectivity index (χ2n) is 8.51. The summed E-state index contributed by atoms with van der Waals surface area (Å²) in [5.74, 6) is -1.62. The van der Waals surface area contributed by atoms with Crippen LogP contribution in [0.4, 0.5) is 22.0 Å². The Balaban J connectivity index is 1.77. The van der Waals surface area contributed by atoms with Crippen molar-refractivity contribution in [2.24, 2.45) is 0 Å². The summed E-state index contributed by atoms with van der Waals surface area (Å²) in [4.78, 5) is 13.4. The maximum atomic E-state index is 14.3. The van der Waals surface area contributed by atoms with Gasteiger partial charge in [0.2, 0.25) is 0 Å². The van der Waals surface area contributed by atoms with Crippen molar-refractivity contribution in [2.75, 3.05) is 0 Å². The molecule has 11 heteroatoms. The predicted molar refractivity (Wildman–Crippen MR) is 118 cm³/mol. The monoisotopic (exact) mass is 513 g/mol. The van der Waals surface area contributed by atoms with E-state index < -0.39 is 41.3 Å². The highest BCUT2D eigenvalue weighted by molar-refractivity contribution is 6.31. The summed E-state index contributed by atoms with van der Waals surface area (Å²) in [5.41, 5.74) is -2.88. The Morgan fingerprint density at radius 3 is 2.54 bits per heavy atom. The first-order valence-electron chi connectivity index (χ1n) is 10.8. The lowest BCUT2D eigenvalue weighted by atomic mass is 9.76. The number of halogens is 6. The van der Waals surface area contributed by atoms with E-state index in [4.69, 9.17) is 11.6 Å². The van der Waals surface area contributed by atoms with E-state index in [-0.39, 0.29) is 47.5 Å². The normalized spacial score (nSPS) is 21.5. The van der Waals surface area contributed by atoms with E-state index in [1.54, 1.807) is 0 Å². The molecule has 0 aliphatic heterocycles. The van der Waals surface area contributed by atoms with Crippen molar-refractivity contribution in [3.63, 3.8) is 0 Å². The number of rotatable bonds is 5. The molecule has 1 unspecified atom stereocenters. The Morgan fingerprint density at radius 2 is 1.91 bits per heavy atom. The number of benzene rings is 2. The molecule has 1 aliphatic rings. The van der Waals surface area contributed by atoms with Crippen LogP contribution in [-0.2, 0) is 6.18 Å². The molecule has 1 amide bonds. The Morgan fingerprint density at radius 1 is 1.20 bits per heavy atom. The maximum Gasteiger partial charge on any atom is 0.416 e. The first-order chi connectivity index (χ1) is 16.5. The van der Waals surface area contributed by atoms with Crippen LogP contribution in [0.25, 0.3) is 5.69 Å². The van der Waals surface area contributed by atoms with Gasteiger partial charge in [0.1, 0.15) is 12.0 Å². The number of hydrogen-bond acceptors (Lipinski definition) is 3. The Bertz CT molecular complexity index is 1210. The van der Waals surface area contributed by atoms with Crippen LogP contribution < -0.4 is 5.32 Å². The van der Waals surface area contributed by atoms with E-state index in [1.165, 1.54) is 30.6 Å². The number of alkyl halides is 4. The van der Waals surface area contributed by atoms with Crippen LogP contribution in [0.15, 0.2) is 54.9 Å². The summed E-state index contributed by atoms with van der Waals surface area (Å²) in [5, 5.41) is 17.6. The zero-order valence-corrected chi connectivity index (χ0v) is 19.0. The van der Waals surface area contributed by atoms with Gasteiger partial charge in [-0.05, 0) is 61.6 Å². The molecule has 1 saturated carbocycles. The van der Waals surface area contributed by atoms with Crippen LogP contribution in [0.5, 0.6) is 0 Å². The van der Waals surface area contributed by atoms with Crippen molar-refractivity contribution >= 4 is 17.5 Å². The first kappa shape index (κ1) is 25.1. The third-order valence-corrected chi connectivity index (χ3v) is 6.61. The molecule has 0 radical (unpaired) electrons. The Labute approximate surface area is 202 Å². The van der Waals surface area contributed by atoms with Crippen LogP contribution in [0.3, 0.4) is 0 Å². The number of aliphatic hydroxyl groups is 1. The smallest absolute Gasteiger partial charge is 0.387 e. The van der Waals surface area contributed by atoms with Gasteiger partial charge in [0.15, 0.2) is 0 Å². The van der Waals surface area contributed by atoms with E-state index in [1.807, 2.05) is 0 Å². The highest BCUT2D eigenvalue weighted by atomic mass is 35.5. The zero-order chi connectivity index (χ0) is 25.4. The number of carbonyl (C=O) groups excluding carboxylic acids is 1. The molecule has 0 spiro atoms. The fourth-order valence-corrected chi connectivity index (χ4v) is 4.56. The van der Waals surface area contributed by atoms with Crippen molar-refractivity contribution in [1.29, 1.82) is 0 Å². The van der Waals surface area contributed by atoms with Crippen LogP contribution >= 0.6 is 11.6 Å². The van der Waals surface area contributed by atoms with Gasteiger partial charge in [-0.15, -0.1) is 0 Å². The minimum atomic E-state index is -4.66. The molecule has 5 nitrogen and oxygen atoms in total. The average Bonchev–Trinajstić information content (AvgIpc) is 3.35. The van der Waals surface area contributed by atoms with Crippen molar-refractivity contribution in [3.05, 3.63) is 82.4 Å². The molecule has 4 rings (SSSR count). The average molecular weight is 514 g/mol. The molecule has 2 N–H and O–H groups in total. The molecule has 1 aliphatic carbocycles. The van der Waals surface area contributed by atoms with Crippen LogP contribution in [0.1, 0.15) is 53.2 Å². The topological polar surface area (TPSA) is 67.2 Å². The lowest BCUT2D eigenvalue weighted by Crippen LogP contribution is -2.48. The summed E-state index contributed by atoms with van der Waals surface area (Å²) >= 11 is 6.16. The molecule has 1 atom stereocenters. The van der Waals surface area contributed by atoms with Gasteiger partial charge in [0, 0.05) is 12.4 Å². The summed E-state index contributed by atoms with van der Waals surface area (Å²) in [6, 6.07) is 6.67. The van der Waals surface area contributed by atoms with E-state index in [9.17, 15) is 31.9 Å². The summed E-state index contributed by atoms with van der Waals surface area (Å²) in [6.45, 7) is 0. The number of carbonyl (C=O) groups is 1. The summed E-state index contributed by atoms with van der Waals surface area (Å²) < 4.78 is 69.2. The highest BCUT2D eigenvalue weighted by Gasteiger charge is 2.43. The molecule has 1 aromatic heterocycles. The highest BCUT2D eigenvalue weighted by Crippen LogP contribution is 2.42. The van der Waals surface area contributed by atoms with Gasteiger partial charge in [-0.1, -0.05) is 23.7 Å². The van der Waals surface area contributed by atoms with Crippen molar-refractivity contribution < 1.29 is 31.9 Å². The zero-order valence-electron chi connectivity index (χ0n) is 18.2.